The Hall–Kier alpha value is -3.60. The van der Waals surface area contributed by atoms with Crippen molar-refractivity contribution in [1.82, 2.24) is 5.32 Å². The van der Waals surface area contributed by atoms with Crippen molar-refractivity contribution in [2.45, 2.75) is 31.9 Å². The molecule has 0 saturated heterocycles. The number of benzene rings is 3. The Morgan fingerprint density at radius 1 is 0.903 bits per heavy atom. The minimum absolute atomic E-state index is 0.0277. The van der Waals surface area contributed by atoms with Gasteiger partial charge in [-0.05, 0) is 60.2 Å². The second-order valence-corrected chi connectivity index (χ2v) is 7.59. The first kappa shape index (κ1) is 20.7. The predicted octanol–water partition coefficient (Wildman–Crippen LogP) is 4.62. The molecule has 0 saturated carbocycles. The number of amides is 1. The minimum Gasteiger partial charge on any atom is -0.489 e. The summed E-state index contributed by atoms with van der Waals surface area (Å²) in [4.78, 5) is 24.6. The van der Waals surface area contributed by atoms with Crippen LogP contribution >= 0.6 is 0 Å². The van der Waals surface area contributed by atoms with Gasteiger partial charge in [0.2, 0.25) is 0 Å². The zero-order valence-electron chi connectivity index (χ0n) is 17.3. The number of rotatable bonds is 7. The van der Waals surface area contributed by atoms with Crippen molar-refractivity contribution < 1.29 is 19.1 Å². The van der Waals surface area contributed by atoms with Crippen molar-refractivity contribution in [3.05, 3.63) is 101 Å². The molecule has 0 fully saturated rings. The normalized spacial score (nSPS) is 14.9. The van der Waals surface area contributed by atoms with Crippen LogP contribution in [-0.4, -0.2) is 18.5 Å². The van der Waals surface area contributed by atoms with E-state index in [1.165, 1.54) is 5.56 Å². The summed E-state index contributed by atoms with van der Waals surface area (Å²) in [6.45, 7) is 0.112. The predicted molar refractivity (Wildman–Crippen MR) is 118 cm³/mol. The fourth-order valence-electron chi connectivity index (χ4n) is 3.77. The first-order valence-corrected chi connectivity index (χ1v) is 10.5. The van der Waals surface area contributed by atoms with Crippen molar-refractivity contribution in [3.63, 3.8) is 0 Å². The lowest BCUT2D eigenvalue weighted by molar-refractivity contribution is -0.125. The molecule has 0 radical (unpaired) electrons. The van der Waals surface area contributed by atoms with Crippen molar-refractivity contribution in [2.24, 2.45) is 0 Å². The molecular weight excluding hydrogens is 390 g/mol. The fourth-order valence-corrected chi connectivity index (χ4v) is 3.77. The topological polar surface area (TPSA) is 64.6 Å². The molecule has 5 heteroatoms. The molecule has 4 rings (SSSR count). The molecule has 1 amide bonds. The van der Waals surface area contributed by atoms with Crippen LogP contribution in [0, 0.1) is 0 Å². The van der Waals surface area contributed by atoms with E-state index >= 15 is 0 Å². The molecule has 1 N–H and O–H groups in total. The largest absolute Gasteiger partial charge is 0.489 e. The molecule has 3 aromatic carbocycles. The van der Waals surface area contributed by atoms with Crippen LogP contribution in [0.25, 0.3) is 0 Å². The van der Waals surface area contributed by atoms with E-state index in [-0.39, 0.29) is 18.6 Å². The van der Waals surface area contributed by atoms with Crippen LogP contribution in [0.4, 0.5) is 0 Å². The lowest BCUT2D eigenvalue weighted by Gasteiger charge is -2.26. The van der Waals surface area contributed by atoms with E-state index in [0.717, 1.165) is 36.1 Å². The van der Waals surface area contributed by atoms with E-state index in [2.05, 4.69) is 17.4 Å². The van der Waals surface area contributed by atoms with Gasteiger partial charge in [0.25, 0.3) is 5.91 Å². The first-order valence-electron chi connectivity index (χ1n) is 10.5. The van der Waals surface area contributed by atoms with Gasteiger partial charge in [-0.1, -0.05) is 54.6 Å². The number of nitrogens with one attached hydrogen (secondary N) is 1. The summed E-state index contributed by atoms with van der Waals surface area (Å²) in [7, 11) is 0. The highest BCUT2D eigenvalue weighted by Gasteiger charge is 2.21. The van der Waals surface area contributed by atoms with Gasteiger partial charge in [0.05, 0.1) is 11.6 Å². The molecule has 1 aliphatic carbocycles. The Balaban J connectivity index is 1.25. The van der Waals surface area contributed by atoms with E-state index in [1.54, 1.807) is 12.1 Å². The van der Waals surface area contributed by atoms with E-state index in [4.69, 9.17) is 9.47 Å². The molecule has 3 aromatic rings. The minimum atomic E-state index is -0.519. The summed E-state index contributed by atoms with van der Waals surface area (Å²) in [5, 5.41) is 2.99. The SMILES string of the molecule is O=C(COC(=O)c1ccc(COc2ccccc2)cc1)N[C@H]1CCCc2ccccc21. The molecule has 5 nitrogen and oxygen atoms in total. The maximum Gasteiger partial charge on any atom is 0.338 e. The quantitative estimate of drug-likeness (QED) is 0.572. The van der Waals surface area contributed by atoms with Crippen LogP contribution in [0.5, 0.6) is 5.75 Å². The lowest BCUT2D eigenvalue weighted by Crippen LogP contribution is -2.34. The summed E-state index contributed by atoms with van der Waals surface area (Å²) in [6.07, 6.45) is 2.95. The molecule has 0 aromatic heterocycles. The number of hydrogen-bond donors (Lipinski definition) is 1. The summed E-state index contributed by atoms with van der Waals surface area (Å²) in [5.74, 6) is -0.0183. The summed E-state index contributed by atoms with van der Waals surface area (Å²) in [6, 6.07) is 24.7. The number of ether oxygens (including phenoxy) is 2. The summed E-state index contributed by atoms with van der Waals surface area (Å²) >= 11 is 0. The molecule has 1 aliphatic rings. The van der Waals surface area contributed by atoms with Gasteiger partial charge in [0.15, 0.2) is 6.61 Å². The molecule has 1 atom stereocenters. The fraction of sp³-hybridized carbons (Fsp3) is 0.231. The molecule has 31 heavy (non-hydrogen) atoms. The standard InChI is InChI=1S/C26H25NO4/c28-25(27-24-12-6-8-20-7-4-5-11-23(20)24)18-31-26(29)21-15-13-19(14-16-21)17-30-22-9-2-1-3-10-22/h1-5,7,9-11,13-16,24H,6,8,12,17-18H2,(H,27,28)/t24-/m0/s1. The van der Waals surface area contributed by atoms with Crippen LogP contribution in [-0.2, 0) is 22.6 Å². The van der Waals surface area contributed by atoms with Crippen molar-refractivity contribution in [2.75, 3.05) is 6.61 Å². The molecular formula is C26H25NO4. The van der Waals surface area contributed by atoms with Gasteiger partial charge in [-0.15, -0.1) is 0 Å². The third kappa shape index (κ3) is 5.51. The van der Waals surface area contributed by atoms with Crippen molar-refractivity contribution in [3.8, 4) is 5.75 Å². The third-order valence-corrected chi connectivity index (χ3v) is 5.38. The molecule has 158 valence electrons. The van der Waals surface area contributed by atoms with Gasteiger partial charge < -0.3 is 14.8 Å². The second kappa shape index (κ2) is 9.94. The van der Waals surface area contributed by atoms with Crippen LogP contribution in [0.2, 0.25) is 0 Å². The Morgan fingerprint density at radius 2 is 1.65 bits per heavy atom. The molecule has 0 unspecified atom stereocenters. The smallest absolute Gasteiger partial charge is 0.338 e. The Kier molecular flexibility index (Phi) is 6.62. The van der Waals surface area contributed by atoms with Gasteiger partial charge >= 0.3 is 5.97 Å². The number of aryl methyl sites for hydroxylation is 1. The van der Waals surface area contributed by atoms with E-state index in [1.807, 2.05) is 54.6 Å². The zero-order chi connectivity index (χ0) is 21.5. The Bertz CT molecular complexity index is 1030. The average Bonchev–Trinajstić information content (AvgIpc) is 2.82. The van der Waals surface area contributed by atoms with Gasteiger partial charge in [-0.3, -0.25) is 4.79 Å². The number of carbonyl (C=O) groups excluding carboxylic acids is 2. The van der Waals surface area contributed by atoms with Gasteiger partial charge in [-0.25, -0.2) is 4.79 Å². The lowest BCUT2D eigenvalue weighted by atomic mass is 9.88. The van der Waals surface area contributed by atoms with Gasteiger partial charge in [-0.2, -0.15) is 0 Å². The highest BCUT2D eigenvalue weighted by atomic mass is 16.5. The van der Waals surface area contributed by atoms with Gasteiger partial charge in [0.1, 0.15) is 12.4 Å². The van der Waals surface area contributed by atoms with E-state index < -0.39 is 5.97 Å². The summed E-state index contributed by atoms with van der Waals surface area (Å²) in [5.41, 5.74) is 3.77. The maximum absolute atomic E-state index is 12.3. The highest BCUT2D eigenvalue weighted by Crippen LogP contribution is 2.29. The maximum atomic E-state index is 12.3. The van der Waals surface area contributed by atoms with Crippen LogP contribution in [0.3, 0.4) is 0 Å². The number of fused-ring (bicyclic) bond motifs is 1. The number of hydrogen-bond acceptors (Lipinski definition) is 4. The monoisotopic (exact) mass is 415 g/mol. The average molecular weight is 415 g/mol. The Morgan fingerprint density at radius 3 is 2.45 bits per heavy atom. The Labute approximate surface area is 182 Å². The van der Waals surface area contributed by atoms with Crippen molar-refractivity contribution in [1.29, 1.82) is 0 Å². The number of carbonyl (C=O) groups is 2. The first-order chi connectivity index (χ1) is 15.2. The van der Waals surface area contributed by atoms with E-state index in [9.17, 15) is 9.59 Å². The number of esters is 1. The molecule has 0 heterocycles. The van der Waals surface area contributed by atoms with Crippen LogP contribution < -0.4 is 10.1 Å². The molecule has 0 aliphatic heterocycles. The molecule has 0 bridgehead atoms. The zero-order valence-corrected chi connectivity index (χ0v) is 17.3. The van der Waals surface area contributed by atoms with E-state index in [0.29, 0.717) is 12.2 Å². The third-order valence-electron chi connectivity index (χ3n) is 5.38. The van der Waals surface area contributed by atoms with Crippen molar-refractivity contribution >= 4 is 11.9 Å². The molecule has 0 spiro atoms. The van der Waals surface area contributed by atoms with Gasteiger partial charge in [0, 0.05) is 0 Å². The summed E-state index contributed by atoms with van der Waals surface area (Å²) < 4.78 is 10.9. The van der Waals surface area contributed by atoms with Crippen LogP contribution in [0.1, 0.15) is 45.9 Å². The highest BCUT2D eigenvalue weighted by molar-refractivity contribution is 5.91. The number of para-hydroxylation sites is 1. The van der Waals surface area contributed by atoms with Crippen LogP contribution in [0.15, 0.2) is 78.9 Å². The second-order valence-electron chi connectivity index (χ2n) is 7.59.